The number of likely N-dealkylation sites (tertiary alicyclic amines) is 1. The molecule has 3 heterocycles. The molecule has 7 nitrogen and oxygen atoms in total. The van der Waals surface area contributed by atoms with Crippen molar-refractivity contribution in [2.24, 2.45) is 0 Å². The Hall–Kier alpha value is -3.27. The molecule has 0 bridgehead atoms. The minimum Gasteiger partial charge on any atom is -0.347 e. The van der Waals surface area contributed by atoms with E-state index in [1.165, 1.54) is 0 Å². The van der Waals surface area contributed by atoms with Gasteiger partial charge in [0.15, 0.2) is 0 Å². The number of alkyl halides is 3. The lowest BCUT2D eigenvalue weighted by molar-refractivity contribution is -0.146. The zero-order chi connectivity index (χ0) is 21.8. The summed E-state index contributed by atoms with van der Waals surface area (Å²) in [6.45, 7) is 1.12. The molecule has 1 amide bonds. The van der Waals surface area contributed by atoms with Gasteiger partial charge >= 0.3 is 6.18 Å². The molecule has 0 unspecified atom stereocenters. The predicted molar refractivity (Wildman–Crippen MR) is 104 cm³/mol. The lowest BCUT2D eigenvalue weighted by atomic mass is 9.85. The van der Waals surface area contributed by atoms with Crippen LogP contribution in [0.25, 0.3) is 0 Å². The molecule has 0 spiro atoms. The highest BCUT2D eigenvalue weighted by Gasteiger charge is 2.38. The maximum atomic E-state index is 12.7. The number of piperidine rings is 1. The third kappa shape index (κ3) is 5.08. The van der Waals surface area contributed by atoms with E-state index in [9.17, 15) is 18.0 Å². The van der Waals surface area contributed by atoms with Gasteiger partial charge in [-0.05, 0) is 30.7 Å². The molecular formula is C21H20F3N5O2. The fourth-order valence-electron chi connectivity index (χ4n) is 3.79. The standard InChI is InChI=1S/C21H20F3N5O2/c22-21(23,24)20-27-18(31-28-20)13-29-11-8-16(14-4-2-1-3-5-14)17(12-29)26-19(30)15-6-9-25-10-7-15/h1-7,9-10,16-17H,8,11-13H2,(H,26,30)/t16-,17-/m0/s1. The predicted octanol–water partition coefficient (Wildman–Crippen LogP) is 3.27. The molecule has 2 atom stereocenters. The fraction of sp³-hybridized carbons (Fsp3) is 0.333. The quantitative estimate of drug-likeness (QED) is 0.668. The van der Waals surface area contributed by atoms with E-state index in [1.807, 2.05) is 35.2 Å². The maximum absolute atomic E-state index is 12.7. The number of nitrogens with zero attached hydrogens (tertiary/aromatic N) is 4. The largest absolute Gasteiger partial charge is 0.455 e. The summed E-state index contributed by atoms with van der Waals surface area (Å²) in [4.78, 5) is 22.0. The summed E-state index contributed by atoms with van der Waals surface area (Å²) in [7, 11) is 0. The second-order valence-corrected chi connectivity index (χ2v) is 7.37. The number of rotatable bonds is 5. The number of benzene rings is 1. The monoisotopic (exact) mass is 431 g/mol. The highest BCUT2D eigenvalue weighted by atomic mass is 19.4. The Morgan fingerprint density at radius 1 is 1.16 bits per heavy atom. The highest BCUT2D eigenvalue weighted by Crippen LogP contribution is 2.30. The van der Waals surface area contributed by atoms with Gasteiger partial charge in [-0.15, -0.1) is 0 Å². The number of amides is 1. The number of carbonyl (C=O) groups is 1. The Balaban J connectivity index is 1.50. The second kappa shape index (κ2) is 8.84. The summed E-state index contributed by atoms with van der Waals surface area (Å²) in [6.07, 6.45) is -0.843. The number of aromatic nitrogens is 3. The summed E-state index contributed by atoms with van der Waals surface area (Å²) in [5.74, 6) is -1.56. The van der Waals surface area contributed by atoms with Gasteiger partial charge in [0.1, 0.15) is 0 Å². The number of hydrogen-bond donors (Lipinski definition) is 1. The molecule has 1 saturated heterocycles. The van der Waals surface area contributed by atoms with Crippen LogP contribution in [-0.2, 0) is 12.7 Å². The SMILES string of the molecule is O=C(N[C@H]1CN(Cc2nc(C(F)(F)F)no2)CC[C@H]1c1ccccc1)c1ccncc1. The molecule has 1 fully saturated rings. The van der Waals surface area contributed by atoms with Crippen molar-refractivity contribution in [3.8, 4) is 0 Å². The summed E-state index contributed by atoms with van der Waals surface area (Å²) < 4.78 is 43.0. The summed E-state index contributed by atoms with van der Waals surface area (Å²) in [6, 6.07) is 12.9. The van der Waals surface area contributed by atoms with E-state index in [0.717, 1.165) is 5.56 Å². The Kier molecular flexibility index (Phi) is 5.99. The molecule has 1 aromatic carbocycles. The number of hydrogen-bond acceptors (Lipinski definition) is 6. The Morgan fingerprint density at radius 3 is 2.58 bits per heavy atom. The van der Waals surface area contributed by atoms with Gasteiger partial charge in [0.25, 0.3) is 11.7 Å². The molecule has 10 heteroatoms. The van der Waals surface area contributed by atoms with Crippen molar-refractivity contribution < 1.29 is 22.5 Å². The smallest absolute Gasteiger partial charge is 0.347 e. The van der Waals surface area contributed by atoms with Gasteiger partial charge in [-0.2, -0.15) is 18.2 Å². The van der Waals surface area contributed by atoms with Gasteiger partial charge < -0.3 is 9.84 Å². The number of nitrogens with one attached hydrogen (secondary N) is 1. The molecule has 4 rings (SSSR count). The molecular weight excluding hydrogens is 411 g/mol. The van der Waals surface area contributed by atoms with Crippen molar-refractivity contribution in [2.45, 2.75) is 31.1 Å². The van der Waals surface area contributed by atoms with Gasteiger partial charge in [-0.1, -0.05) is 35.5 Å². The molecule has 0 saturated carbocycles. The first-order valence-electron chi connectivity index (χ1n) is 9.78. The van der Waals surface area contributed by atoms with Crippen LogP contribution in [0.15, 0.2) is 59.4 Å². The molecule has 2 aromatic heterocycles. The molecule has 1 aliphatic rings. The summed E-state index contributed by atoms with van der Waals surface area (Å²) >= 11 is 0. The van der Waals surface area contributed by atoms with Crippen LogP contribution in [0.4, 0.5) is 13.2 Å². The third-order valence-electron chi connectivity index (χ3n) is 5.26. The molecule has 162 valence electrons. The van der Waals surface area contributed by atoms with E-state index in [0.29, 0.717) is 25.1 Å². The van der Waals surface area contributed by atoms with Crippen LogP contribution in [-0.4, -0.2) is 45.1 Å². The lowest BCUT2D eigenvalue weighted by Crippen LogP contribution is -2.51. The zero-order valence-corrected chi connectivity index (χ0v) is 16.4. The molecule has 3 aromatic rings. The summed E-state index contributed by atoms with van der Waals surface area (Å²) in [5, 5.41) is 6.08. The fourth-order valence-corrected chi connectivity index (χ4v) is 3.79. The Morgan fingerprint density at radius 2 is 1.90 bits per heavy atom. The van der Waals surface area contributed by atoms with Gasteiger partial charge in [-0.25, -0.2) is 0 Å². The van der Waals surface area contributed by atoms with Crippen LogP contribution in [0.1, 0.15) is 40.0 Å². The minimum atomic E-state index is -4.65. The van der Waals surface area contributed by atoms with Crippen molar-refractivity contribution >= 4 is 5.91 Å². The van der Waals surface area contributed by atoms with E-state index in [-0.39, 0.29) is 30.3 Å². The molecule has 31 heavy (non-hydrogen) atoms. The Bertz CT molecular complexity index is 1010. The first-order chi connectivity index (χ1) is 14.9. The van der Waals surface area contributed by atoms with E-state index in [1.54, 1.807) is 24.5 Å². The molecule has 0 radical (unpaired) electrons. The normalized spacial score (nSPS) is 19.8. The van der Waals surface area contributed by atoms with E-state index < -0.39 is 12.0 Å². The van der Waals surface area contributed by atoms with Gasteiger partial charge in [0.2, 0.25) is 5.89 Å². The Labute approximate surface area is 176 Å². The number of carbonyl (C=O) groups excluding carboxylic acids is 1. The van der Waals surface area contributed by atoms with Crippen molar-refractivity contribution in [1.82, 2.24) is 25.3 Å². The van der Waals surface area contributed by atoms with Crippen LogP contribution in [0, 0.1) is 0 Å². The van der Waals surface area contributed by atoms with Crippen molar-refractivity contribution in [3.63, 3.8) is 0 Å². The second-order valence-electron chi connectivity index (χ2n) is 7.37. The maximum Gasteiger partial charge on any atom is 0.455 e. The van der Waals surface area contributed by atoms with Crippen molar-refractivity contribution in [1.29, 1.82) is 0 Å². The lowest BCUT2D eigenvalue weighted by Gasteiger charge is -2.38. The molecule has 0 aliphatic carbocycles. The van der Waals surface area contributed by atoms with Crippen LogP contribution in [0.3, 0.4) is 0 Å². The van der Waals surface area contributed by atoms with Crippen LogP contribution < -0.4 is 5.32 Å². The average molecular weight is 431 g/mol. The van der Waals surface area contributed by atoms with Gasteiger partial charge in [0, 0.05) is 36.5 Å². The number of halogens is 3. The minimum absolute atomic E-state index is 0.0664. The van der Waals surface area contributed by atoms with Crippen molar-refractivity contribution in [2.75, 3.05) is 13.1 Å². The average Bonchev–Trinajstić information content (AvgIpc) is 3.24. The van der Waals surface area contributed by atoms with Crippen LogP contribution in [0.5, 0.6) is 0 Å². The zero-order valence-electron chi connectivity index (χ0n) is 16.4. The third-order valence-corrected chi connectivity index (χ3v) is 5.26. The molecule has 1 aliphatic heterocycles. The molecule has 1 N–H and O–H groups in total. The van der Waals surface area contributed by atoms with E-state index >= 15 is 0 Å². The summed E-state index contributed by atoms with van der Waals surface area (Å²) in [5.41, 5.74) is 1.59. The van der Waals surface area contributed by atoms with Gasteiger partial charge in [0.05, 0.1) is 6.54 Å². The van der Waals surface area contributed by atoms with E-state index in [4.69, 9.17) is 4.52 Å². The number of pyridine rings is 1. The van der Waals surface area contributed by atoms with Gasteiger partial charge in [-0.3, -0.25) is 14.7 Å². The first kappa shape index (κ1) is 21.0. The van der Waals surface area contributed by atoms with Crippen LogP contribution in [0.2, 0.25) is 0 Å². The van der Waals surface area contributed by atoms with E-state index in [2.05, 4.69) is 20.4 Å². The van der Waals surface area contributed by atoms with Crippen molar-refractivity contribution in [3.05, 3.63) is 77.7 Å². The highest BCUT2D eigenvalue weighted by molar-refractivity contribution is 5.94. The first-order valence-corrected chi connectivity index (χ1v) is 9.78. The topological polar surface area (TPSA) is 84.2 Å². The van der Waals surface area contributed by atoms with Crippen LogP contribution >= 0.6 is 0 Å².